The number of fused-ring (bicyclic) bond motifs is 1. The highest BCUT2D eigenvalue weighted by Gasteiger charge is 2.35. The molecule has 1 atom stereocenters. The molecule has 1 N–H and O–H groups in total. The van der Waals surface area contributed by atoms with E-state index >= 15 is 0 Å². The summed E-state index contributed by atoms with van der Waals surface area (Å²) in [6, 6.07) is 7.43. The van der Waals surface area contributed by atoms with Crippen molar-refractivity contribution in [3.05, 3.63) is 45.6 Å². The maximum absolute atomic E-state index is 11.9. The zero-order valence-corrected chi connectivity index (χ0v) is 17.9. The second-order valence-electron chi connectivity index (χ2n) is 7.12. The lowest BCUT2D eigenvalue weighted by Gasteiger charge is -2.36. The number of likely N-dealkylation sites (tertiary alicyclic amines) is 1. The van der Waals surface area contributed by atoms with Crippen molar-refractivity contribution in [3.63, 3.8) is 0 Å². The highest BCUT2D eigenvalue weighted by Crippen LogP contribution is 2.43. The van der Waals surface area contributed by atoms with Crippen molar-refractivity contribution in [1.29, 1.82) is 0 Å². The number of nitrogens with zero attached hydrogens (tertiary/aromatic N) is 4. The summed E-state index contributed by atoms with van der Waals surface area (Å²) in [7, 11) is 1.43. The number of carbonyl (C=O) groups is 1. The molecule has 0 unspecified atom stereocenters. The van der Waals surface area contributed by atoms with E-state index in [0.29, 0.717) is 48.2 Å². The first kappa shape index (κ1) is 20.1. The van der Waals surface area contributed by atoms with E-state index in [-0.39, 0.29) is 23.8 Å². The molecule has 0 radical (unpaired) electrons. The van der Waals surface area contributed by atoms with Crippen molar-refractivity contribution < 1.29 is 14.6 Å². The van der Waals surface area contributed by atoms with Crippen LogP contribution in [-0.4, -0.2) is 50.8 Å². The summed E-state index contributed by atoms with van der Waals surface area (Å²) in [5, 5.41) is 16.0. The highest BCUT2D eigenvalue weighted by molar-refractivity contribution is 7.17. The molecule has 0 aliphatic carbocycles. The van der Waals surface area contributed by atoms with Crippen LogP contribution in [0.5, 0.6) is 5.88 Å². The maximum atomic E-state index is 11.9. The molecule has 1 aliphatic heterocycles. The van der Waals surface area contributed by atoms with Crippen LogP contribution >= 0.6 is 22.9 Å². The number of rotatable bonds is 5. The van der Waals surface area contributed by atoms with Gasteiger partial charge >= 0.3 is 5.97 Å². The van der Waals surface area contributed by atoms with E-state index in [1.807, 2.05) is 31.2 Å². The van der Waals surface area contributed by atoms with E-state index in [9.17, 15) is 9.90 Å². The third-order valence-electron chi connectivity index (χ3n) is 5.44. The zero-order valence-electron chi connectivity index (χ0n) is 16.3. The Bertz CT molecular complexity index is 1030. The average Bonchev–Trinajstić information content (AvgIpc) is 3.29. The molecule has 0 bridgehead atoms. The van der Waals surface area contributed by atoms with Gasteiger partial charge in [-0.25, -0.2) is 4.98 Å². The van der Waals surface area contributed by atoms with Crippen LogP contribution in [0.2, 0.25) is 5.02 Å². The molecular formula is C20H23ClN4O3S. The molecule has 1 fully saturated rings. The predicted octanol–water partition coefficient (Wildman–Crippen LogP) is 3.69. The Balaban J connectivity index is 1.73. The zero-order chi connectivity index (χ0) is 20.5. The third-order valence-corrected chi connectivity index (χ3v) is 6.85. The number of halogens is 1. The topological polar surface area (TPSA) is 80.0 Å². The fourth-order valence-corrected chi connectivity index (χ4v) is 5.25. The van der Waals surface area contributed by atoms with Gasteiger partial charge in [-0.2, -0.15) is 4.52 Å². The van der Waals surface area contributed by atoms with Gasteiger partial charge in [0.25, 0.3) is 0 Å². The SMILES string of the molecule is CCc1nc2sc([C@@H](c3ccccc3Cl)N3CCC(C(=O)OC)CC3)c(O)n2n1. The minimum absolute atomic E-state index is 0.0915. The van der Waals surface area contributed by atoms with Gasteiger partial charge in [0.05, 0.1) is 23.9 Å². The summed E-state index contributed by atoms with van der Waals surface area (Å²) in [4.78, 5) is 20.1. The first-order valence-electron chi connectivity index (χ1n) is 9.67. The van der Waals surface area contributed by atoms with Crippen molar-refractivity contribution in [1.82, 2.24) is 19.5 Å². The highest BCUT2D eigenvalue weighted by atomic mass is 35.5. The Morgan fingerprint density at radius 1 is 1.38 bits per heavy atom. The van der Waals surface area contributed by atoms with Gasteiger partial charge in [0.15, 0.2) is 5.82 Å². The second-order valence-corrected chi connectivity index (χ2v) is 8.54. The van der Waals surface area contributed by atoms with E-state index in [4.69, 9.17) is 16.3 Å². The Hall–Kier alpha value is -2.16. The molecule has 9 heteroatoms. The lowest BCUT2D eigenvalue weighted by Crippen LogP contribution is -2.39. The Morgan fingerprint density at radius 3 is 2.72 bits per heavy atom. The summed E-state index contributed by atoms with van der Waals surface area (Å²) in [6.07, 6.45) is 2.11. The van der Waals surface area contributed by atoms with Crippen molar-refractivity contribution in [2.45, 2.75) is 32.2 Å². The number of benzene rings is 1. The molecule has 1 aliphatic rings. The number of hydrogen-bond donors (Lipinski definition) is 1. The quantitative estimate of drug-likeness (QED) is 0.617. The molecule has 0 spiro atoms. The van der Waals surface area contributed by atoms with E-state index < -0.39 is 0 Å². The number of aromatic nitrogens is 3. The molecule has 0 amide bonds. The van der Waals surface area contributed by atoms with Crippen LogP contribution in [0.3, 0.4) is 0 Å². The largest absolute Gasteiger partial charge is 0.492 e. The van der Waals surface area contributed by atoms with E-state index in [1.54, 1.807) is 0 Å². The number of aryl methyl sites for hydroxylation is 1. The van der Waals surface area contributed by atoms with Crippen LogP contribution in [-0.2, 0) is 16.0 Å². The molecule has 1 aromatic carbocycles. The predicted molar refractivity (Wildman–Crippen MR) is 112 cm³/mol. The van der Waals surface area contributed by atoms with Crippen molar-refractivity contribution in [2.75, 3.05) is 20.2 Å². The number of piperidine rings is 1. The fraction of sp³-hybridized carbons (Fsp3) is 0.450. The number of methoxy groups -OCH3 is 1. The third kappa shape index (κ3) is 3.72. The summed E-state index contributed by atoms with van der Waals surface area (Å²) in [6.45, 7) is 3.38. The number of hydrogen-bond acceptors (Lipinski definition) is 7. The average molecular weight is 435 g/mol. The molecule has 3 aromatic rings. The lowest BCUT2D eigenvalue weighted by atomic mass is 9.93. The monoisotopic (exact) mass is 434 g/mol. The molecular weight excluding hydrogens is 412 g/mol. The number of esters is 1. The van der Waals surface area contributed by atoms with Crippen LogP contribution in [0.4, 0.5) is 0 Å². The van der Waals surface area contributed by atoms with Gasteiger partial charge in [0.2, 0.25) is 10.8 Å². The minimum atomic E-state index is -0.235. The van der Waals surface area contributed by atoms with E-state index in [0.717, 1.165) is 10.4 Å². The molecule has 29 heavy (non-hydrogen) atoms. The summed E-state index contributed by atoms with van der Waals surface area (Å²) >= 11 is 7.97. The van der Waals surface area contributed by atoms with Gasteiger partial charge in [-0.15, -0.1) is 5.10 Å². The van der Waals surface area contributed by atoms with Crippen LogP contribution in [0.15, 0.2) is 24.3 Å². The lowest BCUT2D eigenvalue weighted by molar-refractivity contribution is -0.147. The second kappa shape index (κ2) is 8.30. The smallest absolute Gasteiger partial charge is 0.308 e. The Kier molecular flexibility index (Phi) is 5.76. The molecule has 4 rings (SSSR count). The van der Waals surface area contributed by atoms with E-state index in [1.165, 1.54) is 23.0 Å². The Labute approximate surface area is 177 Å². The fourth-order valence-electron chi connectivity index (χ4n) is 3.88. The van der Waals surface area contributed by atoms with Crippen LogP contribution in [0.25, 0.3) is 4.96 Å². The van der Waals surface area contributed by atoms with Gasteiger partial charge in [-0.3, -0.25) is 9.69 Å². The normalized spacial score (nSPS) is 16.9. The van der Waals surface area contributed by atoms with E-state index in [2.05, 4.69) is 15.0 Å². The molecule has 3 heterocycles. The van der Waals surface area contributed by atoms with Crippen molar-refractivity contribution in [3.8, 4) is 5.88 Å². The number of carbonyl (C=O) groups excluding carboxylic acids is 1. The molecule has 7 nitrogen and oxygen atoms in total. The first-order valence-corrected chi connectivity index (χ1v) is 10.9. The van der Waals surface area contributed by atoms with Gasteiger partial charge in [0.1, 0.15) is 0 Å². The standard InChI is InChI=1S/C20H23ClN4O3S/c1-3-15-22-20-25(23-15)18(26)17(29-20)16(13-6-4-5-7-14(13)21)24-10-8-12(9-11-24)19(27)28-2/h4-7,12,16,26H,3,8-11H2,1-2H3/t16-/m1/s1. The Morgan fingerprint density at radius 2 is 2.10 bits per heavy atom. The molecule has 154 valence electrons. The summed E-state index contributed by atoms with van der Waals surface area (Å²) in [5.74, 6) is 0.544. The van der Waals surface area contributed by atoms with Crippen LogP contribution in [0.1, 0.15) is 42.1 Å². The van der Waals surface area contributed by atoms with Crippen LogP contribution < -0.4 is 0 Å². The molecule has 2 aromatic heterocycles. The van der Waals surface area contributed by atoms with Crippen molar-refractivity contribution in [2.24, 2.45) is 5.92 Å². The van der Waals surface area contributed by atoms with Gasteiger partial charge in [-0.05, 0) is 37.6 Å². The summed E-state index contributed by atoms with van der Waals surface area (Å²) in [5.41, 5.74) is 0.918. The number of thiazole rings is 1. The minimum Gasteiger partial charge on any atom is -0.492 e. The molecule has 1 saturated heterocycles. The van der Waals surface area contributed by atoms with Gasteiger partial charge in [-0.1, -0.05) is 48.1 Å². The molecule has 0 saturated carbocycles. The van der Waals surface area contributed by atoms with Gasteiger partial charge < -0.3 is 9.84 Å². The van der Waals surface area contributed by atoms with Crippen LogP contribution in [0, 0.1) is 5.92 Å². The maximum Gasteiger partial charge on any atom is 0.308 e. The van der Waals surface area contributed by atoms with Gasteiger partial charge in [0, 0.05) is 11.4 Å². The number of ether oxygens (including phenoxy) is 1. The summed E-state index contributed by atoms with van der Waals surface area (Å²) < 4.78 is 6.41. The number of aromatic hydroxyl groups is 1. The van der Waals surface area contributed by atoms with Crippen molar-refractivity contribution >= 4 is 33.9 Å². The first-order chi connectivity index (χ1) is 14.0.